The van der Waals surface area contributed by atoms with Crippen molar-refractivity contribution < 1.29 is 18.7 Å². The fourth-order valence-electron chi connectivity index (χ4n) is 4.32. The van der Waals surface area contributed by atoms with Crippen molar-refractivity contribution in [2.75, 3.05) is 32.1 Å². The van der Waals surface area contributed by atoms with Gasteiger partial charge in [-0.05, 0) is 43.3 Å². The van der Waals surface area contributed by atoms with Crippen molar-refractivity contribution in [2.24, 2.45) is 4.99 Å². The Morgan fingerprint density at radius 2 is 1.88 bits per heavy atom. The van der Waals surface area contributed by atoms with E-state index in [1.807, 2.05) is 49.4 Å². The molecule has 0 aliphatic carbocycles. The van der Waals surface area contributed by atoms with E-state index in [-0.39, 0.29) is 17.8 Å². The second-order valence-electron chi connectivity index (χ2n) is 8.24. The van der Waals surface area contributed by atoms with E-state index in [1.54, 1.807) is 30.2 Å². The smallest absolute Gasteiger partial charge is 0.322 e. The largest absolute Gasteiger partial charge is 0.493 e. The van der Waals surface area contributed by atoms with E-state index in [4.69, 9.17) is 14.5 Å². The molecule has 2 aliphatic heterocycles. The van der Waals surface area contributed by atoms with Gasteiger partial charge in [0.15, 0.2) is 17.2 Å². The number of carbonyl (C=O) groups excluding carboxylic acids is 1. The molecule has 7 nitrogen and oxygen atoms in total. The number of fused-ring (bicyclic) bond motifs is 2. The lowest BCUT2D eigenvalue weighted by Crippen LogP contribution is -2.56. The van der Waals surface area contributed by atoms with Gasteiger partial charge in [0.05, 0.1) is 18.4 Å². The molecule has 1 saturated heterocycles. The summed E-state index contributed by atoms with van der Waals surface area (Å²) in [5.41, 5.74) is 1.72. The quantitative estimate of drug-likeness (QED) is 0.567. The molecule has 2 aliphatic rings. The second-order valence-corrected chi connectivity index (χ2v) is 8.24. The molecule has 3 aromatic rings. The molecule has 5 rings (SSSR count). The van der Waals surface area contributed by atoms with Crippen molar-refractivity contribution in [3.05, 3.63) is 78.1 Å². The minimum atomic E-state index is -0.459. The predicted molar refractivity (Wildman–Crippen MR) is 129 cm³/mol. The lowest BCUT2D eigenvalue weighted by Gasteiger charge is -2.41. The zero-order chi connectivity index (χ0) is 23.7. The van der Waals surface area contributed by atoms with Crippen molar-refractivity contribution in [1.82, 2.24) is 9.80 Å². The molecule has 2 heterocycles. The van der Waals surface area contributed by atoms with Gasteiger partial charge in [-0.2, -0.15) is 0 Å². The molecule has 1 atom stereocenters. The van der Waals surface area contributed by atoms with Crippen LogP contribution in [-0.4, -0.2) is 54.5 Å². The van der Waals surface area contributed by atoms with Gasteiger partial charge in [0.2, 0.25) is 0 Å². The van der Waals surface area contributed by atoms with Gasteiger partial charge in [-0.1, -0.05) is 30.3 Å². The Hall–Kier alpha value is -4.07. The van der Waals surface area contributed by atoms with Gasteiger partial charge in [-0.25, -0.2) is 14.2 Å². The molecule has 8 heteroatoms. The highest BCUT2D eigenvalue weighted by Gasteiger charge is 2.32. The van der Waals surface area contributed by atoms with E-state index in [0.29, 0.717) is 36.9 Å². The fourth-order valence-corrected chi connectivity index (χ4v) is 4.32. The number of methoxy groups -OCH3 is 1. The number of amidine groups is 1. The number of hydrogen-bond acceptors (Lipinski definition) is 5. The van der Waals surface area contributed by atoms with Crippen LogP contribution >= 0.6 is 0 Å². The number of benzene rings is 3. The zero-order valence-electron chi connectivity index (χ0n) is 19.0. The highest BCUT2D eigenvalue weighted by Crippen LogP contribution is 2.42. The van der Waals surface area contributed by atoms with Crippen LogP contribution in [0.2, 0.25) is 0 Å². The summed E-state index contributed by atoms with van der Waals surface area (Å²) in [5.74, 6) is 2.19. The first-order chi connectivity index (χ1) is 16.5. The van der Waals surface area contributed by atoms with Crippen LogP contribution in [0.3, 0.4) is 0 Å². The molecule has 0 saturated carbocycles. The van der Waals surface area contributed by atoms with E-state index < -0.39 is 5.82 Å². The van der Waals surface area contributed by atoms with Crippen LogP contribution in [0.5, 0.6) is 17.2 Å². The molecule has 2 amide bonds. The fraction of sp³-hybridized carbons (Fsp3) is 0.231. The second kappa shape index (κ2) is 9.05. The number of nitrogens with one attached hydrogen (secondary N) is 1. The summed E-state index contributed by atoms with van der Waals surface area (Å²) in [6.45, 7) is 3.55. The summed E-state index contributed by atoms with van der Waals surface area (Å²) in [5, 5.41) is 2.69. The molecule has 174 valence electrons. The van der Waals surface area contributed by atoms with E-state index in [9.17, 15) is 9.18 Å². The third-order valence-electron chi connectivity index (χ3n) is 6.05. The summed E-state index contributed by atoms with van der Waals surface area (Å²) in [6.07, 6.45) is 0. The number of nitrogens with zero attached hydrogens (tertiary/aromatic N) is 3. The summed E-state index contributed by atoms with van der Waals surface area (Å²) >= 11 is 0. The molecule has 34 heavy (non-hydrogen) atoms. The predicted octanol–water partition coefficient (Wildman–Crippen LogP) is 5.26. The molecule has 1 N–H and O–H groups in total. The topological polar surface area (TPSA) is 66.4 Å². The maximum atomic E-state index is 14.0. The van der Waals surface area contributed by atoms with Crippen LogP contribution in [0.1, 0.15) is 12.5 Å². The Balaban J connectivity index is 1.42. The summed E-state index contributed by atoms with van der Waals surface area (Å²) < 4.78 is 25.8. The number of hydrogen-bond donors (Lipinski definition) is 1. The number of aliphatic imine (C=N–C) groups is 1. The number of rotatable bonds is 2. The van der Waals surface area contributed by atoms with Gasteiger partial charge in [-0.15, -0.1) is 0 Å². The van der Waals surface area contributed by atoms with Gasteiger partial charge < -0.3 is 24.6 Å². The highest BCUT2D eigenvalue weighted by atomic mass is 19.1. The van der Waals surface area contributed by atoms with Gasteiger partial charge in [0.25, 0.3) is 0 Å². The minimum Gasteiger partial charge on any atom is -0.493 e. The molecule has 0 radical (unpaired) electrons. The number of carbonyl (C=O) groups is 1. The Morgan fingerprint density at radius 1 is 1.09 bits per heavy atom. The number of anilines is 1. The third kappa shape index (κ3) is 4.03. The summed E-state index contributed by atoms with van der Waals surface area (Å²) in [6, 6.07) is 19.1. The Bertz CT molecular complexity index is 1260. The molecule has 1 unspecified atom stereocenters. The summed E-state index contributed by atoms with van der Waals surface area (Å²) in [7, 11) is 1.61. The Kier molecular flexibility index (Phi) is 5.79. The van der Waals surface area contributed by atoms with Crippen molar-refractivity contribution >= 4 is 23.2 Å². The average molecular weight is 461 g/mol. The minimum absolute atomic E-state index is 0.128. The monoisotopic (exact) mass is 460 g/mol. The van der Waals surface area contributed by atoms with Gasteiger partial charge >= 0.3 is 6.03 Å². The first kappa shape index (κ1) is 21.8. The maximum absolute atomic E-state index is 14.0. The molecule has 0 aromatic heterocycles. The zero-order valence-corrected chi connectivity index (χ0v) is 19.0. The number of urea groups is 1. The molecular weight excluding hydrogens is 435 g/mol. The third-order valence-corrected chi connectivity index (χ3v) is 6.05. The average Bonchev–Trinajstić information content (AvgIpc) is 3.02. The molecule has 3 aromatic carbocycles. The molecule has 1 fully saturated rings. The first-order valence-electron chi connectivity index (χ1n) is 11.1. The van der Waals surface area contributed by atoms with Crippen LogP contribution in [0.15, 0.2) is 71.7 Å². The molecule has 0 spiro atoms. The number of halogens is 1. The van der Waals surface area contributed by atoms with Gasteiger partial charge in [0.1, 0.15) is 17.3 Å². The maximum Gasteiger partial charge on any atom is 0.322 e. The Morgan fingerprint density at radius 3 is 2.68 bits per heavy atom. The van der Waals surface area contributed by atoms with Crippen molar-refractivity contribution in [3.63, 3.8) is 0 Å². The van der Waals surface area contributed by atoms with Crippen LogP contribution in [0.4, 0.5) is 20.6 Å². The highest BCUT2D eigenvalue weighted by molar-refractivity contribution is 6.04. The van der Waals surface area contributed by atoms with E-state index >= 15 is 0 Å². The van der Waals surface area contributed by atoms with Gasteiger partial charge in [-0.3, -0.25) is 0 Å². The van der Waals surface area contributed by atoms with Gasteiger partial charge in [0, 0.05) is 25.7 Å². The normalized spacial score (nSPS) is 17.0. The van der Waals surface area contributed by atoms with E-state index in [1.165, 1.54) is 6.07 Å². The summed E-state index contributed by atoms with van der Waals surface area (Å²) in [4.78, 5) is 21.7. The van der Waals surface area contributed by atoms with Crippen LogP contribution < -0.4 is 14.8 Å². The first-order valence-corrected chi connectivity index (χ1v) is 11.1. The standard InChI is InChI=1S/C26H25FN4O3/c1-17-16-30(14-15-31(17)26(32)29-20-10-4-3-9-19(20)27)25-18-8-7-13-23(33-2)24(18)34-22-12-6-5-11-21(22)28-25/h3-13,17H,14-16H2,1-2H3,(H,29,32). The van der Waals surface area contributed by atoms with Crippen LogP contribution in [0, 0.1) is 5.82 Å². The Labute approximate surface area is 197 Å². The van der Waals surface area contributed by atoms with E-state index in [0.717, 1.165) is 17.1 Å². The number of amides is 2. The van der Waals surface area contributed by atoms with E-state index in [2.05, 4.69) is 10.2 Å². The van der Waals surface area contributed by atoms with Crippen LogP contribution in [-0.2, 0) is 0 Å². The molecular formula is C26H25FN4O3. The SMILES string of the molecule is COc1cccc2c1Oc1ccccc1N=C2N1CCN(C(=O)Nc2ccccc2F)C(C)C1. The number of piperazine rings is 1. The van der Waals surface area contributed by atoms with Crippen LogP contribution in [0.25, 0.3) is 0 Å². The van der Waals surface area contributed by atoms with Crippen molar-refractivity contribution in [2.45, 2.75) is 13.0 Å². The number of para-hydroxylation sites is 4. The number of ether oxygens (including phenoxy) is 2. The van der Waals surface area contributed by atoms with Crippen molar-refractivity contribution in [3.8, 4) is 17.2 Å². The van der Waals surface area contributed by atoms with Crippen molar-refractivity contribution in [1.29, 1.82) is 0 Å². The lowest BCUT2D eigenvalue weighted by atomic mass is 10.1. The molecule has 0 bridgehead atoms. The lowest BCUT2D eigenvalue weighted by molar-refractivity contribution is 0.144.